The number of hydrogen-bond donors (Lipinski definition) is 2. The molecule has 2 heterocycles. The van der Waals surface area contributed by atoms with E-state index in [-0.39, 0.29) is 17.5 Å². The third-order valence-corrected chi connectivity index (χ3v) is 3.98. The molecule has 2 aromatic rings. The SMILES string of the molecule is O=C(O)N1CCC(c2cc(=O)[nH]o2)CC1c1ccccc1. The maximum absolute atomic E-state index is 11.4. The molecule has 2 N–H and O–H groups in total. The van der Waals surface area contributed by atoms with E-state index in [0.29, 0.717) is 25.1 Å². The van der Waals surface area contributed by atoms with Gasteiger partial charge in [0.05, 0.1) is 6.04 Å². The van der Waals surface area contributed by atoms with Crippen molar-refractivity contribution in [2.45, 2.75) is 24.8 Å². The van der Waals surface area contributed by atoms with Crippen LogP contribution in [0.15, 0.2) is 45.7 Å². The summed E-state index contributed by atoms with van der Waals surface area (Å²) in [5.74, 6) is 0.649. The molecule has 110 valence electrons. The number of aromatic nitrogens is 1. The van der Waals surface area contributed by atoms with Crippen LogP contribution in [0, 0.1) is 0 Å². The van der Waals surface area contributed by atoms with Gasteiger partial charge in [-0.25, -0.2) is 4.79 Å². The molecule has 0 bridgehead atoms. The van der Waals surface area contributed by atoms with E-state index in [1.807, 2.05) is 30.3 Å². The molecule has 6 nitrogen and oxygen atoms in total. The van der Waals surface area contributed by atoms with Gasteiger partial charge < -0.3 is 14.5 Å². The van der Waals surface area contributed by atoms with E-state index < -0.39 is 6.09 Å². The van der Waals surface area contributed by atoms with Gasteiger partial charge in [-0.1, -0.05) is 30.3 Å². The standard InChI is InChI=1S/C15H16N2O4/c18-14-9-13(21-16-14)11-6-7-17(15(19)20)12(8-11)10-4-2-1-3-5-10/h1-5,9,11-12H,6-8H2,(H,16,18)(H,19,20). The highest BCUT2D eigenvalue weighted by Crippen LogP contribution is 2.38. The number of nitrogens with zero attached hydrogens (tertiary/aromatic N) is 1. The smallest absolute Gasteiger partial charge is 0.407 e. The van der Waals surface area contributed by atoms with Crippen LogP contribution in [0.1, 0.15) is 36.1 Å². The van der Waals surface area contributed by atoms with Crippen molar-refractivity contribution >= 4 is 6.09 Å². The molecule has 6 heteroatoms. The van der Waals surface area contributed by atoms with Crippen molar-refractivity contribution in [1.82, 2.24) is 10.1 Å². The van der Waals surface area contributed by atoms with Crippen LogP contribution in [-0.4, -0.2) is 27.8 Å². The summed E-state index contributed by atoms with van der Waals surface area (Å²) in [4.78, 5) is 24.1. The second kappa shape index (κ2) is 5.47. The minimum Gasteiger partial charge on any atom is -0.465 e. The van der Waals surface area contributed by atoms with Crippen LogP contribution in [0.3, 0.4) is 0 Å². The van der Waals surface area contributed by atoms with Crippen molar-refractivity contribution in [3.05, 3.63) is 58.1 Å². The molecule has 0 aliphatic carbocycles. The highest BCUT2D eigenvalue weighted by atomic mass is 16.5. The lowest BCUT2D eigenvalue weighted by atomic mass is 9.86. The first-order valence-corrected chi connectivity index (χ1v) is 6.88. The Hall–Kier alpha value is -2.50. The number of hydrogen-bond acceptors (Lipinski definition) is 3. The zero-order valence-corrected chi connectivity index (χ0v) is 11.4. The summed E-state index contributed by atoms with van der Waals surface area (Å²) in [5.41, 5.74) is 0.699. The van der Waals surface area contributed by atoms with E-state index >= 15 is 0 Å². The average molecular weight is 288 g/mol. The molecule has 0 radical (unpaired) electrons. The number of rotatable bonds is 2. The van der Waals surface area contributed by atoms with Gasteiger partial charge in [0.25, 0.3) is 5.56 Å². The minimum absolute atomic E-state index is 0.0461. The van der Waals surface area contributed by atoms with Gasteiger partial charge in [-0.3, -0.25) is 4.79 Å². The zero-order valence-electron chi connectivity index (χ0n) is 11.4. The Morgan fingerprint density at radius 1 is 1.33 bits per heavy atom. The molecule has 3 rings (SSSR count). The summed E-state index contributed by atoms with van der Waals surface area (Å²) < 4.78 is 5.18. The van der Waals surface area contributed by atoms with Crippen molar-refractivity contribution in [3.63, 3.8) is 0 Å². The maximum Gasteiger partial charge on any atom is 0.407 e. The third-order valence-electron chi connectivity index (χ3n) is 3.98. The van der Waals surface area contributed by atoms with Gasteiger partial charge in [0, 0.05) is 18.5 Å². The number of H-pyrrole nitrogens is 1. The first kappa shape index (κ1) is 13.5. The molecule has 0 saturated carbocycles. The fourth-order valence-electron chi connectivity index (χ4n) is 2.94. The Morgan fingerprint density at radius 3 is 2.71 bits per heavy atom. The van der Waals surface area contributed by atoms with Crippen molar-refractivity contribution in [2.75, 3.05) is 6.54 Å². The van der Waals surface area contributed by atoms with E-state index in [0.717, 1.165) is 5.56 Å². The van der Waals surface area contributed by atoms with Crippen molar-refractivity contribution in [1.29, 1.82) is 0 Å². The third kappa shape index (κ3) is 2.69. The van der Waals surface area contributed by atoms with E-state index in [4.69, 9.17) is 4.52 Å². The summed E-state index contributed by atoms with van der Waals surface area (Å²) in [7, 11) is 0. The zero-order chi connectivity index (χ0) is 14.8. The Morgan fingerprint density at radius 2 is 2.10 bits per heavy atom. The molecule has 1 saturated heterocycles. The van der Waals surface area contributed by atoms with E-state index in [2.05, 4.69) is 5.16 Å². The highest BCUT2D eigenvalue weighted by molar-refractivity contribution is 5.66. The van der Waals surface area contributed by atoms with Crippen LogP contribution in [0.5, 0.6) is 0 Å². The lowest BCUT2D eigenvalue weighted by Gasteiger charge is -2.37. The molecule has 2 unspecified atom stereocenters. The summed E-state index contributed by atoms with van der Waals surface area (Å²) in [5, 5.41) is 11.7. The maximum atomic E-state index is 11.4. The summed E-state index contributed by atoms with van der Waals surface area (Å²) in [6.07, 6.45) is 0.339. The highest BCUT2D eigenvalue weighted by Gasteiger charge is 2.34. The van der Waals surface area contributed by atoms with Gasteiger partial charge in [-0.05, 0) is 18.4 Å². The van der Waals surface area contributed by atoms with Gasteiger partial charge in [-0.15, -0.1) is 0 Å². The van der Waals surface area contributed by atoms with Crippen molar-refractivity contribution < 1.29 is 14.4 Å². The normalized spacial score (nSPS) is 22.2. The lowest BCUT2D eigenvalue weighted by molar-refractivity contribution is 0.0968. The first-order valence-electron chi connectivity index (χ1n) is 6.88. The molecule has 1 aliphatic heterocycles. The Labute approximate surface area is 121 Å². The molecule has 1 fully saturated rings. The minimum atomic E-state index is -0.919. The predicted octanol–water partition coefficient (Wildman–Crippen LogP) is 2.57. The van der Waals surface area contributed by atoms with Gasteiger partial charge in [-0.2, -0.15) is 5.16 Å². The summed E-state index contributed by atoms with van der Waals surface area (Å²) in [6, 6.07) is 10.8. The molecule has 1 amide bonds. The number of carbonyl (C=O) groups is 1. The van der Waals surface area contributed by atoms with Gasteiger partial charge in [0.1, 0.15) is 5.76 Å². The molecule has 1 aliphatic rings. The molecule has 0 spiro atoms. The second-order valence-corrected chi connectivity index (χ2v) is 5.24. The van der Waals surface area contributed by atoms with Crippen molar-refractivity contribution in [2.24, 2.45) is 0 Å². The summed E-state index contributed by atoms with van der Waals surface area (Å²) in [6.45, 7) is 0.425. The molecule has 1 aromatic carbocycles. The quantitative estimate of drug-likeness (QED) is 0.889. The van der Waals surface area contributed by atoms with Gasteiger partial charge in [0.2, 0.25) is 0 Å². The predicted molar refractivity (Wildman–Crippen MR) is 75.2 cm³/mol. The molecular weight excluding hydrogens is 272 g/mol. The van der Waals surface area contributed by atoms with Crippen LogP contribution < -0.4 is 5.56 Å². The number of likely N-dealkylation sites (tertiary alicyclic amines) is 1. The largest absolute Gasteiger partial charge is 0.465 e. The summed E-state index contributed by atoms with van der Waals surface area (Å²) >= 11 is 0. The van der Waals surface area contributed by atoms with Gasteiger partial charge in [0.15, 0.2) is 0 Å². The number of benzene rings is 1. The fraction of sp³-hybridized carbons (Fsp3) is 0.333. The van der Waals surface area contributed by atoms with Crippen LogP contribution in [0.4, 0.5) is 4.79 Å². The Bertz CT molecular complexity index is 676. The van der Waals surface area contributed by atoms with Gasteiger partial charge >= 0.3 is 6.09 Å². The van der Waals surface area contributed by atoms with Crippen LogP contribution in [0.2, 0.25) is 0 Å². The van der Waals surface area contributed by atoms with Crippen LogP contribution in [-0.2, 0) is 0 Å². The molecule has 21 heavy (non-hydrogen) atoms. The monoisotopic (exact) mass is 288 g/mol. The van der Waals surface area contributed by atoms with E-state index in [9.17, 15) is 14.7 Å². The first-order chi connectivity index (χ1) is 10.1. The lowest BCUT2D eigenvalue weighted by Crippen LogP contribution is -2.39. The molecular formula is C15H16N2O4. The number of amides is 1. The topological polar surface area (TPSA) is 86.5 Å². The van der Waals surface area contributed by atoms with E-state index in [1.54, 1.807) is 0 Å². The van der Waals surface area contributed by atoms with E-state index in [1.165, 1.54) is 11.0 Å². The fourth-order valence-corrected chi connectivity index (χ4v) is 2.94. The second-order valence-electron chi connectivity index (χ2n) is 5.24. The number of carboxylic acid groups (broad SMARTS) is 1. The van der Waals surface area contributed by atoms with Crippen molar-refractivity contribution in [3.8, 4) is 0 Å². The molecule has 2 atom stereocenters. The Balaban J connectivity index is 1.89. The molecule has 1 aromatic heterocycles. The number of nitrogens with one attached hydrogen (secondary N) is 1. The van der Waals surface area contributed by atoms with Crippen LogP contribution in [0.25, 0.3) is 0 Å². The number of piperidine rings is 1. The number of aromatic amines is 1. The van der Waals surface area contributed by atoms with Crippen LogP contribution >= 0.6 is 0 Å². The average Bonchev–Trinajstić information content (AvgIpc) is 2.94. The Kier molecular flexibility index (Phi) is 3.51.